The van der Waals surface area contributed by atoms with Crippen molar-refractivity contribution in [3.05, 3.63) is 99.3 Å². The van der Waals surface area contributed by atoms with Crippen molar-refractivity contribution in [2.24, 2.45) is 10.9 Å². The van der Waals surface area contributed by atoms with Crippen LogP contribution in [0, 0.1) is 5.92 Å². The van der Waals surface area contributed by atoms with E-state index in [4.69, 9.17) is 17.3 Å². The summed E-state index contributed by atoms with van der Waals surface area (Å²) in [6.07, 6.45) is 6.94. The maximum Gasteiger partial charge on any atom is 0.277 e. The Morgan fingerprint density at radius 2 is 1.81 bits per heavy atom. The van der Waals surface area contributed by atoms with Gasteiger partial charge in [-0.1, -0.05) is 48.0 Å². The van der Waals surface area contributed by atoms with E-state index in [1.807, 2.05) is 35.2 Å². The van der Waals surface area contributed by atoms with Gasteiger partial charge in [-0.05, 0) is 62.9 Å². The molecule has 0 bridgehead atoms. The number of likely N-dealkylation sites (N-methyl/N-ethyl adjacent to an activating group) is 1. The van der Waals surface area contributed by atoms with Crippen LogP contribution in [0.15, 0.2) is 76.9 Å². The number of benzene rings is 2. The summed E-state index contributed by atoms with van der Waals surface area (Å²) in [5.74, 6) is -0.496. The molecule has 0 saturated carbocycles. The van der Waals surface area contributed by atoms with E-state index in [-0.39, 0.29) is 30.0 Å². The second kappa shape index (κ2) is 18.1. The fourth-order valence-electron chi connectivity index (χ4n) is 7.15. The summed E-state index contributed by atoms with van der Waals surface area (Å²) in [5, 5.41) is 15.9. The Kier molecular flexibility index (Phi) is 13.1. The van der Waals surface area contributed by atoms with Gasteiger partial charge in [-0.2, -0.15) is 0 Å². The Labute approximate surface area is 320 Å². The molecule has 4 aromatic rings. The van der Waals surface area contributed by atoms with Crippen LogP contribution in [0.5, 0.6) is 0 Å². The summed E-state index contributed by atoms with van der Waals surface area (Å²) in [5.41, 5.74) is 7.08. The number of carbonyl (C=O) groups excluding carboxylic acids is 2. The minimum atomic E-state index is -1.20. The van der Waals surface area contributed by atoms with Crippen LogP contribution in [-0.4, -0.2) is 124 Å². The number of nitrogens with one attached hydrogen (secondary N) is 1. The average Bonchev–Trinajstić information content (AvgIpc) is 3.18. The molecule has 2 aliphatic heterocycles. The Morgan fingerprint density at radius 3 is 2.57 bits per heavy atom. The predicted molar refractivity (Wildman–Crippen MR) is 212 cm³/mol. The molecule has 1 unspecified atom stereocenters. The number of nitrogens with zero attached hydrogens (tertiary/aromatic N) is 7. The monoisotopic (exact) mass is 755 g/mol. The number of piperazine rings is 1. The van der Waals surface area contributed by atoms with Crippen molar-refractivity contribution >= 4 is 46.2 Å². The fourth-order valence-corrected chi connectivity index (χ4v) is 7.37. The minimum Gasteiger partial charge on any atom is -0.392 e. The molecular formula is C40H50ClN9O4. The van der Waals surface area contributed by atoms with Crippen molar-refractivity contribution in [1.29, 1.82) is 0 Å². The van der Waals surface area contributed by atoms with E-state index < -0.39 is 11.2 Å². The van der Waals surface area contributed by atoms with Gasteiger partial charge >= 0.3 is 0 Å². The van der Waals surface area contributed by atoms with Gasteiger partial charge in [0, 0.05) is 81.6 Å². The number of likely N-dealkylation sites (tertiary alicyclic amines) is 1. The number of pyridine rings is 1. The lowest BCUT2D eigenvalue weighted by Crippen LogP contribution is -2.51. The molecule has 2 saturated heterocycles. The molecule has 286 valence electrons. The lowest BCUT2D eigenvalue weighted by Gasteiger charge is -2.39. The molecule has 13 nitrogen and oxygen atoms in total. The van der Waals surface area contributed by atoms with Gasteiger partial charge in [0.15, 0.2) is 0 Å². The van der Waals surface area contributed by atoms with Crippen LogP contribution >= 0.6 is 11.6 Å². The number of nitrogens with two attached hydrogens (primary N) is 1. The zero-order chi connectivity index (χ0) is 38.1. The zero-order valence-electron chi connectivity index (χ0n) is 30.9. The van der Waals surface area contributed by atoms with Crippen molar-refractivity contribution in [3.8, 4) is 0 Å². The first-order valence-corrected chi connectivity index (χ1v) is 19.1. The number of rotatable bonds is 14. The van der Waals surface area contributed by atoms with Gasteiger partial charge in [0.05, 0.1) is 35.6 Å². The van der Waals surface area contributed by atoms with E-state index in [1.54, 1.807) is 36.7 Å². The predicted octanol–water partition coefficient (Wildman–Crippen LogP) is 3.12. The Balaban J connectivity index is 1.01. The molecule has 2 amide bonds. The number of amides is 2. The van der Waals surface area contributed by atoms with Crippen LogP contribution < -0.4 is 16.6 Å². The molecule has 1 atom stereocenters. The third-order valence-electron chi connectivity index (χ3n) is 10.6. The summed E-state index contributed by atoms with van der Waals surface area (Å²) >= 11 is 6.25. The van der Waals surface area contributed by atoms with E-state index in [9.17, 15) is 19.5 Å². The number of carbonyl (C=O) groups is 2. The molecule has 2 aromatic carbocycles. The quantitative estimate of drug-likeness (QED) is 0.130. The normalized spacial score (nSPS) is 17.2. The molecule has 14 heteroatoms. The van der Waals surface area contributed by atoms with Crippen molar-refractivity contribution in [2.75, 3.05) is 71.7 Å². The van der Waals surface area contributed by atoms with Crippen LogP contribution in [0.3, 0.4) is 0 Å². The molecule has 0 spiro atoms. The molecule has 0 radical (unpaired) electrons. The number of halogens is 1. The van der Waals surface area contributed by atoms with Crippen LogP contribution in [0.1, 0.15) is 47.3 Å². The molecule has 4 N–H and O–H groups in total. The Bertz CT molecular complexity index is 1990. The Morgan fingerprint density at radius 1 is 1.06 bits per heavy atom. The summed E-state index contributed by atoms with van der Waals surface area (Å²) in [6, 6.07) is 16.9. The van der Waals surface area contributed by atoms with E-state index in [0.29, 0.717) is 80.1 Å². The molecule has 4 heterocycles. The zero-order valence-corrected chi connectivity index (χ0v) is 31.6. The number of anilines is 1. The number of fused-ring (bicyclic) bond motifs is 1. The van der Waals surface area contributed by atoms with Crippen LogP contribution in [0.4, 0.5) is 5.69 Å². The van der Waals surface area contributed by atoms with Crippen LogP contribution in [-0.2, 0) is 17.8 Å². The van der Waals surface area contributed by atoms with E-state index in [1.165, 1.54) is 10.9 Å². The summed E-state index contributed by atoms with van der Waals surface area (Å²) < 4.78 is 1.35. The smallest absolute Gasteiger partial charge is 0.277 e. The van der Waals surface area contributed by atoms with Crippen molar-refractivity contribution in [3.63, 3.8) is 0 Å². The highest BCUT2D eigenvalue weighted by molar-refractivity contribution is 6.35. The van der Waals surface area contributed by atoms with Crippen molar-refractivity contribution < 1.29 is 14.7 Å². The standard InChI is InChI=1S/C40H50ClN9O4/c1-47-20-22-48(23-21-47)19-16-43-26-35-36(42)39(53)50(28-46-35)27-40(54)12-17-49(18-13-40)38(52)31(24-29-6-3-2-4-7-29)8-5-14-45-37(51)30-9-10-32-33(41)11-15-44-34(32)25-30/h2-4,6-7,9-11,15,25-26,28,31,54H,5,8,12-14,16-24,27,42H2,1H3,(H,45,51). The number of aromatic nitrogens is 3. The summed E-state index contributed by atoms with van der Waals surface area (Å²) in [4.78, 5) is 59.7. The average molecular weight is 756 g/mol. The van der Waals surface area contributed by atoms with Crippen LogP contribution in [0.25, 0.3) is 10.9 Å². The van der Waals surface area contributed by atoms with Gasteiger partial charge < -0.3 is 26.0 Å². The van der Waals surface area contributed by atoms with E-state index in [2.05, 4.69) is 37.1 Å². The third-order valence-corrected chi connectivity index (χ3v) is 10.9. The first-order chi connectivity index (χ1) is 26.1. The van der Waals surface area contributed by atoms with Gasteiger partial charge in [-0.25, -0.2) is 4.98 Å². The lowest BCUT2D eigenvalue weighted by molar-refractivity contribution is -0.140. The van der Waals surface area contributed by atoms with Gasteiger partial charge in [-0.15, -0.1) is 0 Å². The second-order valence-corrected chi connectivity index (χ2v) is 14.9. The summed E-state index contributed by atoms with van der Waals surface area (Å²) in [7, 11) is 2.12. The number of hydrogen-bond donors (Lipinski definition) is 3. The Hall–Kier alpha value is -4.69. The van der Waals surface area contributed by atoms with E-state index in [0.717, 1.165) is 43.7 Å². The lowest BCUT2D eigenvalue weighted by atomic mass is 9.88. The molecule has 0 aliphatic carbocycles. The first-order valence-electron chi connectivity index (χ1n) is 18.7. The highest BCUT2D eigenvalue weighted by Gasteiger charge is 2.36. The maximum atomic E-state index is 14.0. The number of piperidine rings is 1. The molecule has 2 fully saturated rings. The minimum absolute atomic E-state index is 0.00353. The second-order valence-electron chi connectivity index (χ2n) is 14.5. The number of nitrogen functional groups attached to an aromatic ring is 1. The fraction of sp³-hybridized carbons (Fsp3) is 0.450. The highest BCUT2D eigenvalue weighted by atomic mass is 35.5. The molecular weight excluding hydrogens is 706 g/mol. The SMILES string of the molecule is CN1CCN(CCN=Cc2ncn(CC3(O)CCN(C(=O)C(CCCNC(=O)c4ccc5c(Cl)ccnc5c4)Cc4ccccc4)CC3)c(=O)c2N)CC1. The third kappa shape index (κ3) is 10.1. The topological polar surface area (TPSA) is 162 Å². The van der Waals surface area contributed by atoms with Gasteiger partial charge in [0.2, 0.25) is 5.91 Å². The van der Waals surface area contributed by atoms with Gasteiger partial charge in [-0.3, -0.25) is 33.8 Å². The van der Waals surface area contributed by atoms with Crippen molar-refractivity contribution in [1.82, 2.24) is 34.6 Å². The highest BCUT2D eigenvalue weighted by Crippen LogP contribution is 2.27. The largest absolute Gasteiger partial charge is 0.392 e. The molecule has 2 aromatic heterocycles. The summed E-state index contributed by atoms with van der Waals surface area (Å²) in [6.45, 7) is 6.67. The maximum absolute atomic E-state index is 14.0. The van der Waals surface area contributed by atoms with Gasteiger partial charge in [0.1, 0.15) is 11.4 Å². The number of aliphatic imine (C=N–C) groups is 1. The van der Waals surface area contributed by atoms with E-state index >= 15 is 0 Å². The molecule has 2 aliphatic rings. The molecule has 54 heavy (non-hydrogen) atoms. The first kappa shape index (κ1) is 39.0. The van der Waals surface area contributed by atoms with Crippen molar-refractivity contribution in [2.45, 2.75) is 44.2 Å². The molecule has 6 rings (SSSR count). The van der Waals surface area contributed by atoms with Crippen LogP contribution in [0.2, 0.25) is 5.02 Å². The van der Waals surface area contributed by atoms with Gasteiger partial charge in [0.25, 0.3) is 11.5 Å². The number of aliphatic hydroxyl groups is 1. The number of hydrogen-bond acceptors (Lipinski definition) is 10.